The summed E-state index contributed by atoms with van der Waals surface area (Å²) >= 11 is 0. The summed E-state index contributed by atoms with van der Waals surface area (Å²) in [5, 5.41) is 0. The molecule has 0 aliphatic heterocycles. The Morgan fingerprint density at radius 2 is 0.554 bits per heavy atom. The number of allylic oxidation sites excluding steroid dienone is 4. The third kappa shape index (κ3) is 52.7. The molecule has 0 bridgehead atoms. The first kappa shape index (κ1) is 62.9. The molecule has 0 rings (SSSR count). The molecule has 0 aromatic rings. The number of ether oxygens (including phenoxy) is 3. The van der Waals surface area contributed by atoms with Crippen LogP contribution in [-0.2, 0) is 28.6 Å². The predicted molar refractivity (Wildman–Crippen MR) is 279 cm³/mol. The standard InChI is InChI=1S/C59H110O6/c1-4-7-10-13-16-18-20-22-24-26-27-28-29-30-31-33-34-36-38-40-43-46-49-52-58(61)64-55-56(54-63-57(60)51-48-45-42-15-12-9-6-3)65-59(62)53-50-47-44-41-39-37-35-32-25-23-21-19-17-14-11-8-5-2/h17,19,23,25,56H,4-16,18,20-22,24,26-55H2,1-3H3/b19-17-,25-23-. The summed E-state index contributed by atoms with van der Waals surface area (Å²) in [6, 6.07) is 0. The molecular formula is C59H110O6. The van der Waals surface area contributed by atoms with Crippen molar-refractivity contribution < 1.29 is 28.6 Å². The van der Waals surface area contributed by atoms with Crippen molar-refractivity contribution in [2.45, 2.75) is 322 Å². The maximum Gasteiger partial charge on any atom is 0.306 e. The van der Waals surface area contributed by atoms with Gasteiger partial charge in [0, 0.05) is 19.3 Å². The minimum Gasteiger partial charge on any atom is -0.462 e. The number of hydrogen-bond acceptors (Lipinski definition) is 6. The van der Waals surface area contributed by atoms with Gasteiger partial charge >= 0.3 is 17.9 Å². The third-order valence-electron chi connectivity index (χ3n) is 13.0. The third-order valence-corrected chi connectivity index (χ3v) is 13.0. The molecule has 1 atom stereocenters. The highest BCUT2D eigenvalue weighted by molar-refractivity contribution is 5.71. The van der Waals surface area contributed by atoms with E-state index in [0.29, 0.717) is 19.3 Å². The molecule has 0 aromatic carbocycles. The maximum atomic E-state index is 12.8. The SMILES string of the molecule is CCCCC/C=C\C/C=C\CCCCCCCCCC(=O)OC(COC(=O)CCCCCCCCC)COC(=O)CCCCCCCCCCCCCCCCCCCCCCCCC. The Kier molecular flexibility index (Phi) is 52.7. The molecule has 0 amide bonds. The van der Waals surface area contributed by atoms with Gasteiger partial charge in [0.25, 0.3) is 0 Å². The zero-order valence-electron chi connectivity index (χ0n) is 43.8. The van der Waals surface area contributed by atoms with Gasteiger partial charge in [-0.25, -0.2) is 0 Å². The van der Waals surface area contributed by atoms with Crippen LogP contribution in [-0.4, -0.2) is 37.2 Å². The number of carbonyl (C=O) groups is 3. The zero-order chi connectivity index (χ0) is 47.2. The van der Waals surface area contributed by atoms with Crippen molar-refractivity contribution in [2.24, 2.45) is 0 Å². The average Bonchev–Trinajstić information content (AvgIpc) is 3.30. The Hall–Kier alpha value is -2.11. The van der Waals surface area contributed by atoms with E-state index in [4.69, 9.17) is 14.2 Å². The first-order valence-corrected chi connectivity index (χ1v) is 28.8. The fourth-order valence-electron chi connectivity index (χ4n) is 8.59. The van der Waals surface area contributed by atoms with Crippen LogP contribution < -0.4 is 0 Å². The van der Waals surface area contributed by atoms with E-state index in [0.717, 1.165) is 70.6 Å². The second kappa shape index (κ2) is 54.5. The van der Waals surface area contributed by atoms with Crippen LogP contribution in [0.15, 0.2) is 24.3 Å². The van der Waals surface area contributed by atoms with E-state index in [1.807, 2.05) is 0 Å². The summed E-state index contributed by atoms with van der Waals surface area (Å²) < 4.78 is 16.8. The largest absolute Gasteiger partial charge is 0.462 e. The number of rotatable bonds is 53. The number of carbonyl (C=O) groups excluding carboxylic acids is 3. The van der Waals surface area contributed by atoms with E-state index in [1.54, 1.807) is 0 Å². The van der Waals surface area contributed by atoms with E-state index >= 15 is 0 Å². The summed E-state index contributed by atoms with van der Waals surface area (Å²) in [4.78, 5) is 37.9. The molecule has 65 heavy (non-hydrogen) atoms. The molecule has 6 heteroatoms. The minimum absolute atomic E-state index is 0.0699. The van der Waals surface area contributed by atoms with Crippen LogP contribution in [0, 0.1) is 0 Å². The van der Waals surface area contributed by atoms with E-state index in [-0.39, 0.29) is 31.1 Å². The van der Waals surface area contributed by atoms with Crippen LogP contribution in [0.3, 0.4) is 0 Å². The fourth-order valence-corrected chi connectivity index (χ4v) is 8.59. The van der Waals surface area contributed by atoms with Crippen molar-refractivity contribution in [3.8, 4) is 0 Å². The molecule has 0 heterocycles. The minimum atomic E-state index is -0.769. The highest BCUT2D eigenvalue weighted by Gasteiger charge is 2.19. The highest BCUT2D eigenvalue weighted by Crippen LogP contribution is 2.17. The second-order valence-corrected chi connectivity index (χ2v) is 19.6. The van der Waals surface area contributed by atoms with Gasteiger partial charge in [-0.3, -0.25) is 14.4 Å². The first-order chi connectivity index (χ1) is 32.0. The van der Waals surface area contributed by atoms with Gasteiger partial charge < -0.3 is 14.2 Å². The van der Waals surface area contributed by atoms with Crippen LogP contribution in [0.25, 0.3) is 0 Å². The summed E-state index contributed by atoms with van der Waals surface area (Å²) in [6.07, 6.45) is 63.4. The molecule has 0 saturated carbocycles. The molecule has 0 saturated heterocycles. The van der Waals surface area contributed by atoms with Gasteiger partial charge in [0.15, 0.2) is 6.10 Å². The molecule has 1 unspecified atom stereocenters. The molecule has 0 fully saturated rings. The van der Waals surface area contributed by atoms with Crippen molar-refractivity contribution in [2.75, 3.05) is 13.2 Å². The van der Waals surface area contributed by atoms with E-state index in [1.165, 1.54) is 205 Å². The predicted octanol–water partition coefficient (Wildman–Crippen LogP) is 19.1. The van der Waals surface area contributed by atoms with Gasteiger partial charge in [-0.15, -0.1) is 0 Å². The number of hydrogen-bond donors (Lipinski definition) is 0. The van der Waals surface area contributed by atoms with E-state index in [2.05, 4.69) is 45.1 Å². The Labute approximate surface area is 404 Å². The lowest BCUT2D eigenvalue weighted by Gasteiger charge is -2.18. The van der Waals surface area contributed by atoms with Crippen LogP contribution in [0.1, 0.15) is 316 Å². The molecular weight excluding hydrogens is 805 g/mol. The number of unbranched alkanes of at least 4 members (excludes halogenated alkanes) is 38. The highest BCUT2D eigenvalue weighted by atomic mass is 16.6. The molecule has 0 N–H and O–H groups in total. The monoisotopic (exact) mass is 915 g/mol. The smallest absolute Gasteiger partial charge is 0.306 e. The van der Waals surface area contributed by atoms with Crippen molar-refractivity contribution in [3.05, 3.63) is 24.3 Å². The molecule has 0 spiro atoms. The fraction of sp³-hybridized carbons (Fsp3) is 0.881. The average molecular weight is 916 g/mol. The van der Waals surface area contributed by atoms with Crippen molar-refractivity contribution >= 4 is 17.9 Å². The summed E-state index contributed by atoms with van der Waals surface area (Å²) in [6.45, 7) is 6.61. The normalized spacial score (nSPS) is 12.1. The first-order valence-electron chi connectivity index (χ1n) is 28.8. The second-order valence-electron chi connectivity index (χ2n) is 19.6. The van der Waals surface area contributed by atoms with E-state index in [9.17, 15) is 14.4 Å². The lowest BCUT2D eigenvalue weighted by atomic mass is 10.0. The molecule has 382 valence electrons. The van der Waals surface area contributed by atoms with Crippen molar-refractivity contribution in [1.29, 1.82) is 0 Å². The lowest BCUT2D eigenvalue weighted by Crippen LogP contribution is -2.30. The Morgan fingerprint density at radius 3 is 0.877 bits per heavy atom. The van der Waals surface area contributed by atoms with Crippen LogP contribution in [0.2, 0.25) is 0 Å². The van der Waals surface area contributed by atoms with Gasteiger partial charge in [0.05, 0.1) is 0 Å². The Bertz CT molecular complexity index is 1050. The topological polar surface area (TPSA) is 78.9 Å². The maximum absolute atomic E-state index is 12.8. The number of esters is 3. The summed E-state index contributed by atoms with van der Waals surface area (Å²) in [5.41, 5.74) is 0. The quantitative estimate of drug-likeness (QED) is 0.0262. The summed E-state index contributed by atoms with van der Waals surface area (Å²) in [7, 11) is 0. The van der Waals surface area contributed by atoms with Crippen molar-refractivity contribution in [3.63, 3.8) is 0 Å². The Morgan fingerprint density at radius 1 is 0.308 bits per heavy atom. The zero-order valence-corrected chi connectivity index (χ0v) is 43.8. The molecule has 0 aliphatic carbocycles. The summed E-state index contributed by atoms with van der Waals surface area (Å²) in [5.74, 6) is -0.867. The lowest BCUT2D eigenvalue weighted by molar-refractivity contribution is -0.167. The molecule has 0 aromatic heterocycles. The van der Waals surface area contributed by atoms with Crippen LogP contribution >= 0.6 is 0 Å². The van der Waals surface area contributed by atoms with Crippen LogP contribution in [0.4, 0.5) is 0 Å². The molecule has 0 aliphatic rings. The van der Waals surface area contributed by atoms with Crippen LogP contribution in [0.5, 0.6) is 0 Å². The molecule has 0 radical (unpaired) electrons. The van der Waals surface area contributed by atoms with Gasteiger partial charge in [0.2, 0.25) is 0 Å². The Balaban J connectivity index is 4.12. The van der Waals surface area contributed by atoms with Gasteiger partial charge in [-0.2, -0.15) is 0 Å². The van der Waals surface area contributed by atoms with E-state index < -0.39 is 6.10 Å². The van der Waals surface area contributed by atoms with Gasteiger partial charge in [0.1, 0.15) is 13.2 Å². The molecule has 6 nitrogen and oxygen atoms in total. The van der Waals surface area contributed by atoms with Gasteiger partial charge in [-0.1, -0.05) is 270 Å². The van der Waals surface area contributed by atoms with Crippen molar-refractivity contribution in [1.82, 2.24) is 0 Å². The van der Waals surface area contributed by atoms with Gasteiger partial charge in [-0.05, 0) is 51.4 Å².